The number of likely N-dealkylation sites (tertiary alicyclic amines) is 1. The van der Waals surface area contributed by atoms with E-state index in [2.05, 4.69) is 0 Å². The predicted octanol–water partition coefficient (Wildman–Crippen LogP) is 2.37. The lowest BCUT2D eigenvalue weighted by Crippen LogP contribution is -2.34. The maximum absolute atomic E-state index is 12.5. The van der Waals surface area contributed by atoms with Gasteiger partial charge in [0, 0.05) is 19.5 Å². The summed E-state index contributed by atoms with van der Waals surface area (Å²) >= 11 is 0. The molecule has 4 heteroatoms. The average Bonchev–Trinajstić information content (AvgIpc) is 2.61. The van der Waals surface area contributed by atoms with Crippen molar-refractivity contribution in [2.24, 2.45) is 11.3 Å². The van der Waals surface area contributed by atoms with Gasteiger partial charge in [-0.2, -0.15) is 0 Å². The normalized spacial score (nSPS) is 34.3. The van der Waals surface area contributed by atoms with Gasteiger partial charge in [-0.15, -0.1) is 0 Å². The number of esters is 1. The van der Waals surface area contributed by atoms with E-state index in [0.717, 1.165) is 12.8 Å². The van der Waals surface area contributed by atoms with E-state index >= 15 is 0 Å². The highest BCUT2D eigenvalue weighted by molar-refractivity contribution is 5.86. The number of ether oxygens (including phenoxy) is 1. The number of hydrogen-bond donors (Lipinski definition) is 0. The van der Waals surface area contributed by atoms with E-state index in [9.17, 15) is 9.59 Å². The van der Waals surface area contributed by atoms with E-state index in [1.165, 1.54) is 12.8 Å². The third-order valence-corrected chi connectivity index (χ3v) is 5.01. The number of carbonyl (C=O) groups excluding carboxylic acids is 2. The molecule has 2 aliphatic rings. The van der Waals surface area contributed by atoms with E-state index < -0.39 is 0 Å². The van der Waals surface area contributed by atoms with Crippen LogP contribution in [0, 0.1) is 11.3 Å². The third-order valence-electron chi connectivity index (χ3n) is 5.01. The van der Waals surface area contributed by atoms with Crippen molar-refractivity contribution in [3.63, 3.8) is 0 Å². The van der Waals surface area contributed by atoms with Gasteiger partial charge in [-0.1, -0.05) is 19.8 Å². The van der Waals surface area contributed by atoms with Gasteiger partial charge in [-0.05, 0) is 32.1 Å². The molecule has 1 saturated carbocycles. The Kier molecular flexibility index (Phi) is 4.16. The zero-order chi connectivity index (χ0) is 14.0. The highest BCUT2D eigenvalue weighted by atomic mass is 16.5. The first-order valence-corrected chi connectivity index (χ1v) is 7.43. The molecule has 3 atom stereocenters. The quantitative estimate of drug-likeness (QED) is 0.735. The maximum atomic E-state index is 12.5. The Hall–Kier alpha value is -1.06. The fourth-order valence-electron chi connectivity index (χ4n) is 3.92. The van der Waals surface area contributed by atoms with Crippen LogP contribution in [-0.2, 0) is 14.3 Å². The summed E-state index contributed by atoms with van der Waals surface area (Å²) < 4.78 is 4.98. The lowest BCUT2D eigenvalue weighted by Gasteiger charge is -2.34. The van der Waals surface area contributed by atoms with E-state index in [1.54, 1.807) is 0 Å². The summed E-state index contributed by atoms with van der Waals surface area (Å²) in [5.41, 5.74) is -0.368. The molecule has 0 spiro atoms. The van der Waals surface area contributed by atoms with Crippen LogP contribution in [0.3, 0.4) is 0 Å². The van der Waals surface area contributed by atoms with Crippen LogP contribution in [0.15, 0.2) is 0 Å². The fraction of sp³-hybridized carbons (Fsp3) is 0.867. The van der Waals surface area contributed by atoms with Crippen LogP contribution in [-0.4, -0.2) is 36.5 Å². The third kappa shape index (κ3) is 2.49. The largest absolute Gasteiger partial charge is 0.466 e. The summed E-state index contributed by atoms with van der Waals surface area (Å²) in [4.78, 5) is 26.0. The van der Waals surface area contributed by atoms with Gasteiger partial charge in [0.05, 0.1) is 12.0 Å². The van der Waals surface area contributed by atoms with Crippen LogP contribution in [0.1, 0.15) is 52.4 Å². The molecule has 1 amide bonds. The molecule has 2 unspecified atom stereocenters. The molecule has 108 valence electrons. The fourth-order valence-corrected chi connectivity index (χ4v) is 3.92. The predicted molar refractivity (Wildman–Crippen MR) is 72.5 cm³/mol. The van der Waals surface area contributed by atoms with Gasteiger partial charge < -0.3 is 9.64 Å². The Morgan fingerprint density at radius 1 is 1.42 bits per heavy atom. The Bertz CT molecular complexity index is 368. The van der Waals surface area contributed by atoms with Crippen molar-refractivity contribution < 1.29 is 14.3 Å². The molecule has 0 aromatic heterocycles. The van der Waals surface area contributed by atoms with Crippen molar-refractivity contribution in [3.8, 4) is 0 Å². The van der Waals surface area contributed by atoms with Crippen LogP contribution in [0.2, 0.25) is 0 Å². The summed E-state index contributed by atoms with van der Waals surface area (Å²) in [5.74, 6) is 0.445. The number of rotatable bonds is 4. The van der Waals surface area contributed by atoms with Gasteiger partial charge in [-0.3, -0.25) is 9.59 Å². The standard InChI is InChI=1S/C15H25NO3/c1-4-19-13(17)9-10-15(2)11-7-5-6-8-12(11)16(3)14(15)18/h11-12H,4-10H2,1-3H3/t11?,12?,15-/m1/s1. The summed E-state index contributed by atoms with van der Waals surface area (Å²) in [6.45, 7) is 4.27. The molecule has 19 heavy (non-hydrogen) atoms. The number of carbonyl (C=O) groups is 2. The molecule has 0 aromatic rings. The van der Waals surface area contributed by atoms with Gasteiger partial charge >= 0.3 is 5.97 Å². The SMILES string of the molecule is CCOC(=O)CC[C@@]1(C)C(=O)N(C)C2CCCCC21. The monoisotopic (exact) mass is 267 g/mol. The Morgan fingerprint density at radius 2 is 2.11 bits per heavy atom. The van der Waals surface area contributed by atoms with Crippen LogP contribution in [0.4, 0.5) is 0 Å². The van der Waals surface area contributed by atoms with Gasteiger partial charge in [0.15, 0.2) is 0 Å². The van der Waals surface area contributed by atoms with E-state index in [4.69, 9.17) is 4.74 Å². The average molecular weight is 267 g/mol. The molecule has 1 heterocycles. The minimum absolute atomic E-state index is 0.182. The second-order valence-corrected chi connectivity index (χ2v) is 6.10. The molecule has 0 bridgehead atoms. The second-order valence-electron chi connectivity index (χ2n) is 6.10. The van der Waals surface area contributed by atoms with Gasteiger partial charge in [0.25, 0.3) is 0 Å². The number of fused-ring (bicyclic) bond motifs is 1. The molecular formula is C15H25NO3. The topological polar surface area (TPSA) is 46.6 Å². The Morgan fingerprint density at radius 3 is 2.79 bits per heavy atom. The first-order chi connectivity index (χ1) is 9.00. The zero-order valence-corrected chi connectivity index (χ0v) is 12.3. The van der Waals surface area contributed by atoms with Crippen molar-refractivity contribution in [1.82, 2.24) is 4.90 Å². The van der Waals surface area contributed by atoms with Gasteiger partial charge in [-0.25, -0.2) is 0 Å². The summed E-state index contributed by atoms with van der Waals surface area (Å²) in [6.07, 6.45) is 5.62. The smallest absolute Gasteiger partial charge is 0.305 e. The minimum Gasteiger partial charge on any atom is -0.466 e. The van der Waals surface area contributed by atoms with Crippen molar-refractivity contribution in [2.45, 2.75) is 58.4 Å². The molecule has 2 rings (SSSR count). The van der Waals surface area contributed by atoms with Crippen molar-refractivity contribution in [3.05, 3.63) is 0 Å². The Balaban J connectivity index is 2.07. The molecule has 2 fully saturated rings. The molecule has 1 saturated heterocycles. The first kappa shape index (κ1) is 14.4. The van der Waals surface area contributed by atoms with Gasteiger partial charge in [0.2, 0.25) is 5.91 Å². The second kappa shape index (κ2) is 5.51. The lowest BCUT2D eigenvalue weighted by atomic mass is 9.68. The lowest BCUT2D eigenvalue weighted by molar-refractivity contribution is -0.144. The highest BCUT2D eigenvalue weighted by Gasteiger charge is 2.54. The number of amides is 1. The number of nitrogens with zero attached hydrogens (tertiary/aromatic N) is 1. The summed E-state index contributed by atoms with van der Waals surface area (Å²) in [7, 11) is 1.92. The zero-order valence-electron chi connectivity index (χ0n) is 12.3. The molecule has 1 aliphatic carbocycles. The maximum Gasteiger partial charge on any atom is 0.305 e. The molecule has 4 nitrogen and oxygen atoms in total. The van der Waals surface area contributed by atoms with Gasteiger partial charge in [0.1, 0.15) is 0 Å². The van der Waals surface area contributed by atoms with Crippen LogP contribution in [0.5, 0.6) is 0 Å². The van der Waals surface area contributed by atoms with E-state index in [-0.39, 0.29) is 17.3 Å². The van der Waals surface area contributed by atoms with Crippen LogP contribution < -0.4 is 0 Å². The molecule has 0 N–H and O–H groups in total. The molecule has 1 aliphatic heterocycles. The summed E-state index contributed by atoms with van der Waals surface area (Å²) in [5, 5.41) is 0. The molecular weight excluding hydrogens is 242 g/mol. The van der Waals surface area contributed by atoms with Crippen molar-refractivity contribution in [2.75, 3.05) is 13.7 Å². The molecule has 0 aromatic carbocycles. The molecule has 0 radical (unpaired) electrons. The first-order valence-electron chi connectivity index (χ1n) is 7.43. The highest BCUT2D eigenvalue weighted by Crippen LogP contribution is 2.50. The van der Waals surface area contributed by atoms with Crippen molar-refractivity contribution >= 4 is 11.9 Å². The van der Waals surface area contributed by atoms with Crippen LogP contribution >= 0.6 is 0 Å². The van der Waals surface area contributed by atoms with E-state index in [1.807, 2.05) is 25.8 Å². The minimum atomic E-state index is -0.368. The number of hydrogen-bond acceptors (Lipinski definition) is 3. The van der Waals surface area contributed by atoms with Crippen molar-refractivity contribution in [1.29, 1.82) is 0 Å². The van der Waals surface area contributed by atoms with E-state index in [0.29, 0.717) is 31.4 Å². The summed E-state index contributed by atoms with van der Waals surface area (Å²) in [6, 6.07) is 0.383. The van der Waals surface area contributed by atoms with Crippen LogP contribution in [0.25, 0.3) is 0 Å². The Labute approximate surface area is 115 Å².